The molecule has 0 saturated heterocycles. The van der Waals surface area contributed by atoms with Crippen molar-refractivity contribution in [2.75, 3.05) is 0 Å². The number of nitrogens with zero attached hydrogens (tertiary/aromatic N) is 2. The molecule has 0 amide bonds. The average molecular weight is 755 g/mol. The topological polar surface area (TPSA) is 47.6 Å². The van der Waals surface area contributed by atoms with Crippen LogP contribution in [0.2, 0.25) is 0 Å². The SMILES string of the molecule is N#Cc1cccc(-c2c3c(cc4c2ccc2c5cc6c(cc5c(-c5cc(C#N)ccc5-c5ccccc5)cc42)-c2cccc4cccc-6c24)-c2cccc4cccc-3c24)c1. The third-order valence-corrected chi connectivity index (χ3v) is 13.1. The van der Waals surface area contributed by atoms with Gasteiger partial charge in [0.15, 0.2) is 0 Å². The van der Waals surface area contributed by atoms with Gasteiger partial charge in [0.25, 0.3) is 0 Å². The van der Waals surface area contributed by atoms with E-state index < -0.39 is 0 Å². The smallest absolute Gasteiger partial charge is 0.0991 e. The minimum absolute atomic E-state index is 0.623. The maximum absolute atomic E-state index is 10.3. The van der Waals surface area contributed by atoms with Crippen molar-refractivity contribution in [2.24, 2.45) is 0 Å². The summed E-state index contributed by atoms with van der Waals surface area (Å²) >= 11 is 0. The first-order valence-corrected chi connectivity index (χ1v) is 20.4. The predicted molar refractivity (Wildman–Crippen MR) is 249 cm³/mol. The van der Waals surface area contributed by atoms with E-state index in [1.54, 1.807) is 0 Å². The van der Waals surface area contributed by atoms with E-state index in [1.165, 1.54) is 76.8 Å². The average Bonchev–Trinajstić information content (AvgIpc) is 3.81. The van der Waals surface area contributed by atoms with E-state index in [0.29, 0.717) is 11.1 Å². The zero-order valence-electron chi connectivity index (χ0n) is 32.2. The van der Waals surface area contributed by atoms with Crippen molar-refractivity contribution in [1.29, 1.82) is 10.5 Å². The van der Waals surface area contributed by atoms with Crippen LogP contribution in [-0.2, 0) is 0 Å². The van der Waals surface area contributed by atoms with E-state index in [2.05, 4.69) is 164 Å². The second-order valence-electron chi connectivity index (χ2n) is 16.1. The molecule has 0 bridgehead atoms. The molecule has 2 heteroatoms. The maximum Gasteiger partial charge on any atom is 0.0991 e. The Bertz CT molecular complexity index is 3830. The number of hydrogen-bond donors (Lipinski definition) is 0. The first-order chi connectivity index (χ1) is 29.7. The van der Waals surface area contributed by atoms with Crippen molar-refractivity contribution in [3.05, 3.63) is 193 Å². The fourth-order valence-electron chi connectivity index (χ4n) is 10.6. The lowest BCUT2D eigenvalue weighted by Crippen LogP contribution is -1.93. The van der Waals surface area contributed by atoms with Gasteiger partial charge >= 0.3 is 0 Å². The van der Waals surface area contributed by atoms with Crippen LogP contribution in [0.3, 0.4) is 0 Å². The standard InChI is InChI=1S/C58H30N2/c59-31-33-9-4-16-38(25-33)57-44-24-23-40-47(51(44)30-54-43-19-7-14-37-15-8-20-45(56(37)43)58(54)57)28-52(46-26-34(32-60)21-22-39(46)35-10-2-1-3-11-35)53-29-50-42-18-6-13-36-12-5-17-41(55(36)42)49(50)27-48(40)53/h1-30H. The molecule has 13 rings (SSSR count). The van der Waals surface area contributed by atoms with Crippen molar-refractivity contribution in [3.63, 3.8) is 0 Å². The molecule has 0 atom stereocenters. The van der Waals surface area contributed by atoms with E-state index in [4.69, 9.17) is 0 Å². The lowest BCUT2D eigenvalue weighted by molar-refractivity contribution is 1.48. The summed E-state index contributed by atoms with van der Waals surface area (Å²) in [5, 5.41) is 32.4. The highest BCUT2D eigenvalue weighted by atomic mass is 14.3. The van der Waals surface area contributed by atoms with Gasteiger partial charge in [-0.05, 0) is 180 Å². The molecule has 0 saturated carbocycles. The monoisotopic (exact) mass is 754 g/mol. The van der Waals surface area contributed by atoms with Crippen molar-refractivity contribution < 1.29 is 0 Å². The summed E-state index contributed by atoms with van der Waals surface area (Å²) < 4.78 is 0. The molecule has 0 aromatic heterocycles. The van der Waals surface area contributed by atoms with Crippen LogP contribution < -0.4 is 0 Å². The van der Waals surface area contributed by atoms with E-state index in [-0.39, 0.29) is 0 Å². The molecule has 11 aromatic rings. The van der Waals surface area contributed by atoms with E-state index in [9.17, 15) is 10.5 Å². The van der Waals surface area contributed by atoms with E-state index >= 15 is 0 Å². The summed E-state index contributed by atoms with van der Waals surface area (Å²) in [4.78, 5) is 0. The van der Waals surface area contributed by atoms with Gasteiger partial charge in [0.1, 0.15) is 0 Å². The fraction of sp³-hybridized carbons (Fsp3) is 0. The molecule has 272 valence electrons. The molecule has 60 heavy (non-hydrogen) atoms. The molecular formula is C58H30N2. The van der Waals surface area contributed by atoms with Gasteiger partial charge in [0.05, 0.1) is 23.3 Å². The molecular weight excluding hydrogens is 725 g/mol. The summed E-state index contributed by atoms with van der Waals surface area (Å²) in [6.07, 6.45) is 0. The lowest BCUT2D eigenvalue weighted by Gasteiger charge is -2.20. The molecule has 2 aliphatic carbocycles. The molecule has 2 aliphatic rings. The summed E-state index contributed by atoms with van der Waals surface area (Å²) in [6.45, 7) is 0. The van der Waals surface area contributed by atoms with Gasteiger partial charge in [-0.3, -0.25) is 0 Å². The first-order valence-electron chi connectivity index (χ1n) is 20.4. The predicted octanol–water partition coefficient (Wildman–Crippen LogP) is 15.5. The van der Waals surface area contributed by atoms with Crippen molar-refractivity contribution in [2.45, 2.75) is 0 Å². The highest BCUT2D eigenvalue weighted by Crippen LogP contribution is 2.56. The minimum Gasteiger partial charge on any atom is -0.192 e. The van der Waals surface area contributed by atoms with Crippen LogP contribution in [0, 0.1) is 22.7 Å². The Hall–Kier alpha value is -8.30. The van der Waals surface area contributed by atoms with Crippen LogP contribution in [0.4, 0.5) is 0 Å². The van der Waals surface area contributed by atoms with Gasteiger partial charge in [-0.2, -0.15) is 10.5 Å². The zero-order valence-corrected chi connectivity index (χ0v) is 32.2. The van der Waals surface area contributed by atoms with Crippen LogP contribution in [0.15, 0.2) is 182 Å². The second-order valence-corrected chi connectivity index (χ2v) is 16.1. The molecule has 0 aliphatic heterocycles. The fourth-order valence-corrected chi connectivity index (χ4v) is 10.6. The van der Waals surface area contributed by atoms with Gasteiger partial charge in [-0.25, -0.2) is 0 Å². The number of hydrogen-bond acceptors (Lipinski definition) is 2. The molecule has 2 nitrogen and oxygen atoms in total. The van der Waals surface area contributed by atoms with E-state index in [1.807, 2.05) is 30.3 Å². The largest absolute Gasteiger partial charge is 0.192 e. The van der Waals surface area contributed by atoms with Gasteiger partial charge < -0.3 is 0 Å². The Morgan fingerprint density at radius 3 is 1.50 bits per heavy atom. The summed E-state index contributed by atoms with van der Waals surface area (Å²) in [5.41, 5.74) is 17.6. The molecule has 0 spiro atoms. The first kappa shape index (κ1) is 32.8. The van der Waals surface area contributed by atoms with Crippen LogP contribution in [0.1, 0.15) is 11.1 Å². The number of fused-ring (bicyclic) bond motifs is 11. The van der Waals surface area contributed by atoms with Crippen LogP contribution >= 0.6 is 0 Å². The maximum atomic E-state index is 10.3. The number of nitriles is 2. The molecule has 0 heterocycles. The molecule has 0 radical (unpaired) electrons. The Balaban J connectivity index is 1.22. The normalized spacial score (nSPS) is 12.0. The second kappa shape index (κ2) is 12.1. The third-order valence-electron chi connectivity index (χ3n) is 13.1. The van der Waals surface area contributed by atoms with Crippen molar-refractivity contribution in [1.82, 2.24) is 0 Å². The number of benzene rings is 11. The van der Waals surface area contributed by atoms with E-state index in [0.717, 1.165) is 54.9 Å². The highest BCUT2D eigenvalue weighted by Gasteiger charge is 2.29. The van der Waals surface area contributed by atoms with Gasteiger partial charge in [0.2, 0.25) is 0 Å². The summed E-state index contributed by atoms with van der Waals surface area (Å²) in [6, 6.07) is 70.3. The van der Waals surface area contributed by atoms with Gasteiger partial charge in [-0.1, -0.05) is 133 Å². The Kier molecular flexibility index (Phi) is 6.61. The quantitative estimate of drug-likeness (QED) is 0.169. The summed E-state index contributed by atoms with van der Waals surface area (Å²) in [7, 11) is 0. The van der Waals surface area contributed by atoms with Crippen LogP contribution in [-0.4, -0.2) is 0 Å². The van der Waals surface area contributed by atoms with Crippen molar-refractivity contribution in [3.8, 4) is 90.0 Å². The van der Waals surface area contributed by atoms with Gasteiger partial charge in [-0.15, -0.1) is 0 Å². The Labute approximate surface area is 346 Å². The molecule has 11 aromatic carbocycles. The highest BCUT2D eigenvalue weighted by molar-refractivity contribution is 6.30. The Morgan fingerprint density at radius 1 is 0.267 bits per heavy atom. The molecule has 0 N–H and O–H groups in total. The number of rotatable bonds is 3. The van der Waals surface area contributed by atoms with Crippen molar-refractivity contribution >= 4 is 53.9 Å². The minimum atomic E-state index is 0.623. The molecule has 0 fully saturated rings. The van der Waals surface area contributed by atoms with Crippen LogP contribution in [0.5, 0.6) is 0 Å². The van der Waals surface area contributed by atoms with Gasteiger partial charge in [0, 0.05) is 0 Å². The van der Waals surface area contributed by atoms with Crippen LogP contribution in [0.25, 0.3) is 132 Å². The lowest BCUT2D eigenvalue weighted by atomic mass is 9.83. The zero-order chi connectivity index (χ0) is 39.6. The molecule has 0 unspecified atom stereocenters. The third kappa shape index (κ3) is 4.40. The Morgan fingerprint density at radius 2 is 0.783 bits per heavy atom. The summed E-state index contributed by atoms with van der Waals surface area (Å²) in [5.74, 6) is 0.